The largest absolute Gasteiger partial charge is 0.496 e. The fraction of sp³-hybridized carbons (Fsp3) is 0.350. The molecule has 0 bridgehead atoms. The Bertz CT molecular complexity index is 761. The summed E-state index contributed by atoms with van der Waals surface area (Å²) < 4.78 is 47.6. The number of methoxy groups -OCH3 is 2. The Hall–Kier alpha value is -2.70. The van der Waals surface area contributed by atoms with Gasteiger partial charge in [0, 0.05) is 6.54 Å². The molecule has 0 aliphatic heterocycles. The molecular weight excluding hydrogens is 359 g/mol. The van der Waals surface area contributed by atoms with E-state index >= 15 is 0 Å². The minimum absolute atomic E-state index is 0.152. The zero-order valence-electron chi connectivity index (χ0n) is 15.2. The van der Waals surface area contributed by atoms with Crippen LogP contribution in [0.3, 0.4) is 0 Å². The van der Waals surface area contributed by atoms with Gasteiger partial charge in [-0.25, -0.2) is 0 Å². The number of carbonyl (C=O) groups excluding carboxylic acids is 1. The van der Waals surface area contributed by atoms with Gasteiger partial charge >= 0.3 is 12.1 Å². The van der Waals surface area contributed by atoms with Crippen LogP contribution in [-0.2, 0) is 24.1 Å². The summed E-state index contributed by atoms with van der Waals surface area (Å²) in [6.45, 7) is -0.152. The van der Waals surface area contributed by atoms with E-state index in [1.165, 1.54) is 12.7 Å². The van der Waals surface area contributed by atoms with Crippen LogP contribution in [0.5, 0.6) is 11.5 Å². The van der Waals surface area contributed by atoms with Gasteiger partial charge in [0.2, 0.25) is 0 Å². The van der Waals surface area contributed by atoms with Crippen molar-refractivity contribution in [3.63, 3.8) is 0 Å². The average Bonchev–Trinajstić information content (AvgIpc) is 2.66. The normalized spacial score (nSPS) is 11.1. The van der Waals surface area contributed by atoms with E-state index in [1.807, 2.05) is 41.7 Å². The Labute approximate surface area is 156 Å². The van der Waals surface area contributed by atoms with Crippen molar-refractivity contribution in [1.82, 2.24) is 5.32 Å². The van der Waals surface area contributed by atoms with Gasteiger partial charge in [0.1, 0.15) is 11.5 Å². The van der Waals surface area contributed by atoms with Crippen molar-refractivity contribution < 1.29 is 27.4 Å². The van der Waals surface area contributed by atoms with E-state index in [9.17, 15) is 18.0 Å². The molecule has 27 heavy (non-hydrogen) atoms. The summed E-state index contributed by atoms with van der Waals surface area (Å²) in [5, 5.41) is 1.86. The van der Waals surface area contributed by atoms with Gasteiger partial charge in [-0.1, -0.05) is 30.3 Å². The molecule has 2 rings (SSSR count). The van der Waals surface area contributed by atoms with E-state index in [0.717, 1.165) is 18.4 Å². The molecule has 1 N–H and O–H groups in total. The summed E-state index contributed by atoms with van der Waals surface area (Å²) in [7, 11) is 3.05. The molecule has 1 amide bonds. The summed E-state index contributed by atoms with van der Waals surface area (Å²) in [6.07, 6.45) is -3.14. The lowest BCUT2D eigenvalue weighted by atomic mass is 10.00. The first-order valence-corrected chi connectivity index (χ1v) is 8.48. The third-order valence-corrected chi connectivity index (χ3v) is 4.15. The van der Waals surface area contributed by atoms with Crippen molar-refractivity contribution in [3.05, 3.63) is 59.2 Å². The molecule has 0 aromatic heterocycles. The summed E-state index contributed by atoms with van der Waals surface area (Å²) in [4.78, 5) is 10.9. The lowest BCUT2D eigenvalue weighted by molar-refractivity contribution is -0.173. The summed E-state index contributed by atoms with van der Waals surface area (Å²) >= 11 is 0. The minimum Gasteiger partial charge on any atom is -0.496 e. The summed E-state index contributed by atoms with van der Waals surface area (Å²) in [5.74, 6) is -0.753. The highest BCUT2D eigenvalue weighted by Crippen LogP contribution is 2.30. The molecule has 0 saturated heterocycles. The van der Waals surface area contributed by atoms with Crippen molar-refractivity contribution in [2.75, 3.05) is 20.8 Å². The maximum Gasteiger partial charge on any atom is 0.471 e. The van der Waals surface area contributed by atoms with E-state index in [1.54, 1.807) is 13.2 Å². The Morgan fingerprint density at radius 3 is 2.00 bits per heavy atom. The van der Waals surface area contributed by atoms with E-state index in [0.29, 0.717) is 17.1 Å². The second kappa shape index (κ2) is 9.30. The maximum absolute atomic E-state index is 12.3. The maximum atomic E-state index is 12.3. The standard InChI is InChI=1S/C20H22F3NO3/c1-26-17-13-16(10-11-24-19(25)20(21,22)23)18(27-2)12-15(17)9-8-14-6-4-3-5-7-14/h3-7,12-13H,8-11H2,1-2H3,(H,24,25). The quantitative estimate of drug-likeness (QED) is 0.758. The second-order valence-electron chi connectivity index (χ2n) is 5.97. The molecule has 0 atom stereocenters. The van der Waals surface area contributed by atoms with E-state index < -0.39 is 12.1 Å². The second-order valence-corrected chi connectivity index (χ2v) is 5.97. The first-order chi connectivity index (χ1) is 12.8. The molecule has 0 heterocycles. The van der Waals surface area contributed by atoms with Gasteiger partial charge in [0.15, 0.2) is 0 Å². The van der Waals surface area contributed by atoms with E-state index in [2.05, 4.69) is 0 Å². The fourth-order valence-electron chi connectivity index (χ4n) is 2.75. The van der Waals surface area contributed by atoms with Gasteiger partial charge in [-0.05, 0) is 48.1 Å². The monoisotopic (exact) mass is 381 g/mol. The van der Waals surface area contributed by atoms with Gasteiger partial charge in [0.05, 0.1) is 14.2 Å². The van der Waals surface area contributed by atoms with Crippen molar-refractivity contribution >= 4 is 5.91 Å². The molecular formula is C20H22F3NO3. The highest BCUT2D eigenvalue weighted by molar-refractivity contribution is 5.81. The van der Waals surface area contributed by atoms with E-state index in [-0.39, 0.29) is 13.0 Å². The summed E-state index contributed by atoms with van der Waals surface area (Å²) in [5.41, 5.74) is 2.80. The number of halogens is 3. The lowest BCUT2D eigenvalue weighted by Gasteiger charge is -2.15. The number of alkyl halides is 3. The third kappa shape index (κ3) is 5.91. The van der Waals surface area contributed by atoms with Gasteiger partial charge in [-0.3, -0.25) is 4.79 Å². The molecule has 2 aromatic rings. The molecule has 0 aliphatic rings. The predicted octanol–water partition coefficient (Wildman–Crippen LogP) is 3.71. The van der Waals surface area contributed by atoms with Crippen LogP contribution in [0.15, 0.2) is 42.5 Å². The van der Waals surface area contributed by atoms with Crippen molar-refractivity contribution in [1.29, 1.82) is 0 Å². The number of hydrogen-bond acceptors (Lipinski definition) is 3. The number of aryl methyl sites for hydroxylation is 2. The fourth-order valence-corrected chi connectivity index (χ4v) is 2.75. The third-order valence-electron chi connectivity index (χ3n) is 4.15. The topological polar surface area (TPSA) is 47.6 Å². The van der Waals surface area contributed by atoms with E-state index in [4.69, 9.17) is 9.47 Å². The van der Waals surface area contributed by atoms with Crippen LogP contribution in [0.2, 0.25) is 0 Å². The van der Waals surface area contributed by atoms with Gasteiger partial charge in [-0.2, -0.15) is 13.2 Å². The Morgan fingerprint density at radius 2 is 1.48 bits per heavy atom. The molecule has 4 nitrogen and oxygen atoms in total. The molecule has 0 unspecified atom stereocenters. The number of amides is 1. The Morgan fingerprint density at radius 1 is 0.926 bits per heavy atom. The Balaban J connectivity index is 2.09. The van der Waals surface area contributed by atoms with Gasteiger partial charge in [0.25, 0.3) is 0 Å². The number of hydrogen-bond donors (Lipinski definition) is 1. The van der Waals surface area contributed by atoms with Gasteiger partial charge < -0.3 is 14.8 Å². The van der Waals surface area contributed by atoms with Crippen LogP contribution in [0.1, 0.15) is 16.7 Å². The number of rotatable bonds is 8. The Kier molecular flexibility index (Phi) is 7.10. The zero-order valence-corrected chi connectivity index (χ0v) is 15.2. The van der Waals surface area contributed by atoms with Crippen molar-refractivity contribution in [2.24, 2.45) is 0 Å². The highest BCUT2D eigenvalue weighted by atomic mass is 19.4. The lowest BCUT2D eigenvalue weighted by Crippen LogP contribution is -2.37. The SMILES string of the molecule is COc1cc(CCc2ccccc2)c(OC)cc1CCNC(=O)C(F)(F)F. The molecule has 2 aromatic carbocycles. The first-order valence-electron chi connectivity index (χ1n) is 8.48. The molecule has 7 heteroatoms. The number of nitrogens with one attached hydrogen (secondary N) is 1. The van der Waals surface area contributed by atoms with Crippen LogP contribution in [0, 0.1) is 0 Å². The number of benzene rings is 2. The van der Waals surface area contributed by atoms with Crippen LogP contribution in [0.4, 0.5) is 13.2 Å². The number of carbonyl (C=O) groups is 1. The highest BCUT2D eigenvalue weighted by Gasteiger charge is 2.38. The van der Waals surface area contributed by atoms with Crippen LogP contribution < -0.4 is 14.8 Å². The molecule has 0 spiro atoms. The van der Waals surface area contributed by atoms with Crippen LogP contribution in [-0.4, -0.2) is 32.8 Å². The minimum atomic E-state index is -4.89. The predicted molar refractivity (Wildman–Crippen MR) is 96.2 cm³/mol. The zero-order chi connectivity index (χ0) is 19.9. The molecule has 0 fully saturated rings. The van der Waals surface area contributed by atoms with Crippen LogP contribution in [0.25, 0.3) is 0 Å². The molecule has 0 aliphatic carbocycles. The molecule has 0 saturated carbocycles. The van der Waals surface area contributed by atoms with Crippen molar-refractivity contribution in [2.45, 2.75) is 25.4 Å². The molecule has 0 radical (unpaired) electrons. The average molecular weight is 381 g/mol. The number of ether oxygens (including phenoxy) is 2. The first kappa shape index (κ1) is 20.6. The molecule has 146 valence electrons. The van der Waals surface area contributed by atoms with Crippen LogP contribution >= 0.6 is 0 Å². The van der Waals surface area contributed by atoms with Gasteiger partial charge in [-0.15, -0.1) is 0 Å². The summed E-state index contributed by atoms with van der Waals surface area (Å²) in [6, 6.07) is 13.6. The van der Waals surface area contributed by atoms with Crippen molar-refractivity contribution in [3.8, 4) is 11.5 Å². The smallest absolute Gasteiger partial charge is 0.471 e.